The van der Waals surface area contributed by atoms with Crippen LogP contribution in [0.15, 0.2) is 42.7 Å². The van der Waals surface area contributed by atoms with Gasteiger partial charge < -0.3 is 5.11 Å². The average Bonchev–Trinajstić information content (AvgIpc) is 2.01. The molecular formula is C11H12O. The van der Waals surface area contributed by atoms with Gasteiger partial charge >= 0.3 is 0 Å². The van der Waals surface area contributed by atoms with Crippen molar-refractivity contribution in [2.75, 3.05) is 0 Å². The number of rotatable bonds is 2. The maximum atomic E-state index is 8.80. The van der Waals surface area contributed by atoms with Crippen molar-refractivity contribution in [3.8, 4) is 0 Å². The zero-order chi connectivity index (χ0) is 8.97. The first-order chi connectivity index (χ1) is 5.68. The molecule has 0 aliphatic rings. The van der Waals surface area contributed by atoms with Crippen LogP contribution < -0.4 is 0 Å². The quantitative estimate of drug-likeness (QED) is 0.520. The molecule has 0 aliphatic carbocycles. The minimum absolute atomic E-state index is 0.0801. The molecule has 0 amide bonds. The second-order valence-corrected chi connectivity index (χ2v) is 2.74. The molecule has 1 aromatic rings. The van der Waals surface area contributed by atoms with Crippen LogP contribution in [0, 0.1) is 6.92 Å². The highest BCUT2D eigenvalue weighted by molar-refractivity contribution is 5.52. The molecule has 0 unspecified atom stereocenters. The summed E-state index contributed by atoms with van der Waals surface area (Å²) in [6.45, 7) is 5.39. The second-order valence-electron chi connectivity index (χ2n) is 2.74. The predicted molar refractivity (Wildman–Crippen MR) is 52.0 cm³/mol. The van der Waals surface area contributed by atoms with Crippen LogP contribution >= 0.6 is 0 Å². The lowest BCUT2D eigenvalue weighted by Crippen LogP contribution is -1.75. The lowest BCUT2D eigenvalue weighted by Gasteiger charge is -1.94. The molecular weight excluding hydrogens is 148 g/mol. The minimum atomic E-state index is 0.0801. The Morgan fingerprint density at radius 1 is 1.50 bits per heavy atom. The van der Waals surface area contributed by atoms with E-state index in [1.54, 1.807) is 6.08 Å². The molecule has 0 aliphatic heterocycles. The van der Waals surface area contributed by atoms with Crippen LogP contribution in [-0.4, -0.2) is 5.11 Å². The molecule has 1 aromatic carbocycles. The van der Waals surface area contributed by atoms with Gasteiger partial charge in [-0.1, -0.05) is 42.5 Å². The fraction of sp³-hybridized carbons (Fsp3) is 0.0909. The Labute approximate surface area is 72.7 Å². The molecule has 1 heteroatoms. The van der Waals surface area contributed by atoms with E-state index < -0.39 is 0 Å². The third-order valence-corrected chi connectivity index (χ3v) is 1.51. The molecule has 0 saturated heterocycles. The molecule has 0 saturated carbocycles. The zero-order valence-electron chi connectivity index (χ0n) is 7.12. The number of aryl methyl sites for hydroxylation is 1. The van der Waals surface area contributed by atoms with Crippen molar-refractivity contribution >= 4 is 6.08 Å². The standard InChI is InChI=1S/C11H12O/c1-9-4-3-5-11(8-9)7-6-10(2)12/h3-8,12H,2H2,1H3/b7-6+. The number of benzene rings is 1. The Kier molecular flexibility index (Phi) is 2.70. The summed E-state index contributed by atoms with van der Waals surface area (Å²) in [6, 6.07) is 8.03. The van der Waals surface area contributed by atoms with Crippen LogP contribution in [0.1, 0.15) is 11.1 Å². The molecule has 0 heterocycles. The summed E-state index contributed by atoms with van der Waals surface area (Å²) >= 11 is 0. The van der Waals surface area contributed by atoms with Crippen molar-refractivity contribution in [3.05, 3.63) is 53.8 Å². The van der Waals surface area contributed by atoms with Gasteiger partial charge in [0.2, 0.25) is 0 Å². The fourth-order valence-electron chi connectivity index (χ4n) is 0.966. The normalized spacial score (nSPS) is 10.4. The van der Waals surface area contributed by atoms with Gasteiger partial charge in [0, 0.05) is 0 Å². The lowest BCUT2D eigenvalue weighted by molar-refractivity contribution is 0.436. The molecule has 0 spiro atoms. The van der Waals surface area contributed by atoms with E-state index >= 15 is 0 Å². The summed E-state index contributed by atoms with van der Waals surface area (Å²) in [5.41, 5.74) is 2.28. The van der Waals surface area contributed by atoms with Gasteiger partial charge in [-0.2, -0.15) is 0 Å². The summed E-state index contributed by atoms with van der Waals surface area (Å²) in [4.78, 5) is 0. The number of hydrogen-bond acceptors (Lipinski definition) is 1. The third-order valence-electron chi connectivity index (χ3n) is 1.51. The first-order valence-electron chi connectivity index (χ1n) is 3.81. The number of aliphatic hydroxyl groups is 1. The molecule has 0 fully saturated rings. The highest BCUT2D eigenvalue weighted by Crippen LogP contribution is 2.06. The van der Waals surface area contributed by atoms with Crippen LogP contribution in [0.5, 0.6) is 0 Å². The Balaban J connectivity index is 2.83. The van der Waals surface area contributed by atoms with Gasteiger partial charge in [-0.05, 0) is 18.6 Å². The Bertz CT molecular complexity index is 311. The topological polar surface area (TPSA) is 20.2 Å². The molecule has 0 radical (unpaired) electrons. The second kappa shape index (κ2) is 3.77. The van der Waals surface area contributed by atoms with Crippen molar-refractivity contribution in [3.63, 3.8) is 0 Å². The van der Waals surface area contributed by atoms with E-state index in [4.69, 9.17) is 5.11 Å². The van der Waals surface area contributed by atoms with E-state index in [-0.39, 0.29) is 5.76 Å². The van der Waals surface area contributed by atoms with Gasteiger partial charge in [-0.15, -0.1) is 0 Å². The number of allylic oxidation sites excluding steroid dienone is 1. The summed E-state index contributed by atoms with van der Waals surface area (Å²) in [6.07, 6.45) is 3.41. The van der Waals surface area contributed by atoms with E-state index in [9.17, 15) is 0 Å². The molecule has 1 nitrogen and oxygen atoms in total. The van der Waals surface area contributed by atoms with Crippen molar-refractivity contribution in [2.45, 2.75) is 6.92 Å². The Morgan fingerprint density at radius 2 is 2.25 bits per heavy atom. The Morgan fingerprint density at radius 3 is 2.83 bits per heavy atom. The monoisotopic (exact) mass is 160 g/mol. The average molecular weight is 160 g/mol. The molecule has 12 heavy (non-hydrogen) atoms. The van der Waals surface area contributed by atoms with E-state index in [0.717, 1.165) is 5.56 Å². The molecule has 0 atom stereocenters. The molecule has 62 valence electrons. The number of hydrogen-bond donors (Lipinski definition) is 1. The van der Waals surface area contributed by atoms with Gasteiger partial charge in [-0.3, -0.25) is 0 Å². The van der Waals surface area contributed by atoms with Gasteiger partial charge in [0.15, 0.2) is 0 Å². The first kappa shape index (κ1) is 8.60. The highest BCUT2D eigenvalue weighted by Gasteiger charge is 1.86. The van der Waals surface area contributed by atoms with Crippen LogP contribution in [-0.2, 0) is 0 Å². The molecule has 0 aromatic heterocycles. The minimum Gasteiger partial charge on any atom is -0.509 e. The summed E-state index contributed by atoms with van der Waals surface area (Å²) in [5.74, 6) is 0.0801. The third kappa shape index (κ3) is 2.62. The van der Waals surface area contributed by atoms with Crippen molar-refractivity contribution in [1.82, 2.24) is 0 Å². The van der Waals surface area contributed by atoms with E-state index in [0.29, 0.717) is 0 Å². The van der Waals surface area contributed by atoms with Crippen LogP contribution in [0.4, 0.5) is 0 Å². The number of aliphatic hydroxyl groups excluding tert-OH is 1. The van der Waals surface area contributed by atoms with Crippen molar-refractivity contribution in [2.24, 2.45) is 0 Å². The molecule has 0 bridgehead atoms. The van der Waals surface area contributed by atoms with Crippen LogP contribution in [0.2, 0.25) is 0 Å². The first-order valence-corrected chi connectivity index (χ1v) is 3.81. The summed E-state index contributed by atoms with van der Waals surface area (Å²) < 4.78 is 0. The van der Waals surface area contributed by atoms with E-state index in [2.05, 4.69) is 6.58 Å². The van der Waals surface area contributed by atoms with Gasteiger partial charge in [0.1, 0.15) is 5.76 Å². The maximum absolute atomic E-state index is 8.80. The van der Waals surface area contributed by atoms with E-state index in [1.165, 1.54) is 5.56 Å². The molecule has 1 rings (SSSR count). The summed E-state index contributed by atoms with van der Waals surface area (Å²) in [7, 11) is 0. The van der Waals surface area contributed by atoms with Crippen molar-refractivity contribution < 1.29 is 5.11 Å². The fourth-order valence-corrected chi connectivity index (χ4v) is 0.966. The highest BCUT2D eigenvalue weighted by atomic mass is 16.3. The van der Waals surface area contributed by atoms with Gasteiger partial charge in [0.05, 0.1) is 0 Å². The van der Waals surface area contributed by atoms with Gasteiger partial charge in [-0.25, -0.2) is 0 Å². The summed E-state index contributed by atoms with van der Waals surface area (Å²) in [5, 5.41) is 8.80. The van der Waals surface area contributed by atoms with Crippen molar-refractivity contribution in [1.29, 1.82) is 0 Å². The zero-order valence-corrected chi connectivity index (χ0v) is 7.12. The predicted octanol–water partition coefficient (Wildman–Crippen LogP) is 3.08. The maximum Gasteiger partial charge on any atom is 0.108 e. The molecule has 1 N–H and O–H groups in total. The SMILES string of the molecule is C=C(O)/C=C/c1cccc(C)c1. The Hall–Kier alpha value is -1.50. The van der Waals surface area contributed by atoms with Gasteiger partial charge in [0.25, 0.3) is 0 Å². The van der Waals surface area contributed by atoms with E-state index in [1.807, 2.05) is 37.3 Å². The lowest BCUT2D eigenvalue weighted by atomic mass is 10.1. The van der Waals surface area contributed by atoms with Crippen LogP contribution in [0.25, 0.3) is 6.08 Å². The largest absolute Gasteiger partial charge is 0.509 e. The smallest absolute Gasteiger partial charge is 0.108 e. The van der Waals surface area contributed by atoms with Crippen LogP contribution in [0.3, 0.4) is 0 Å².